The lowest BCUT2D eigenvalue weighted by Crippen LogP contribution is -2.41. The summed E-state index contributed by atoms with van der Waals surface area (Å²) in [6.45, 7) is 6.00. The van der Waals surface area contributed by atoms with E-state index in [0.717, 1.165) is 37.4 Å². The second-order valence-corrected chi connectivity index (χ2v) is 4.79. The van der Waals surface area contributed by atoms with Gasteiger partial charge in [-0.2, -0.15) is 0 Å². The number of nitrogens with one attached hydrogen (secondary N) is 2. The molecule has 2 rings (SSSR count). The summed E-state index contributed by atoms with van der Waals surface area (Å²) in [4.78, 5) is 6.73. The Hall–Kier alpha value is -0.760. The maximum Gasteiger partial charge on any atom is 0.191 e. The third kappa shape index (κ3) is 5.70. The number of likely N-dealkylation sites (N-methyl/N-ethyl adjacent to an activating group) is 1. The Morgan fingerprint density at radius 1 is 1.45 bits per heavy atom. The van der Waals surface area contributed by atoms with Gasteiger partial charge >= 0.3 is 0 Å². The Bertz CT molecular complexity index is 390. The fourth-order valence-corrected chi connectivity index (χ4v) is 2.16. The molecule has 0 amide bonds. The first kappa shape index (κ1) is 17.3. The second-order valence-electron chi connectivity index (χ2n) is 4.79. The highest BCUT2D eigenvalue weighted by Crippen LogP contribution is 2.25. The summed E-state index contributed by atoms with van der Waals surface area (Å²) in [5.74, 6) is 1.74. The average Bonchev–Trinajstić information content (AvgIpc) is 3.14. The molecule has 0 saturated heterocycles. The number of hydrogen-bond acceptors (Lipinski definition) is 3. The quantitative estimate of drug-likeness (QED) is 0.424. The molecule has 0 radical (unpaired) electrons. The first-order chi connectivity index (χ1) is 9.33. The zero-order chi connectivity index (χ0) is 13.5. The Labute approximate surface area is 138 Å². The van der Waals surface area contributed by atoms with Crippen molar-refractivity contribution in [2.75, 3.05) is 26.7 Å². The predicted molar refractivity (Wildman–Crippen MR) is 92.6 cm³/mol. The summed E-state index contributed by atoms with van der Waals surface area (Å²) in [6, 6.07) is 4.67. The van der Waals surface area contributed by atoms with Crippen molar-refractivity contribution in [2.45, 2.75) is 32.4 Å². The fourth-order valence-electron chi connectivity index (χ4n) is 2.16. The molecule has 1 saturated carbocycles. The third-order valence-electron chi connectivity index (χ3n) is 3.39. The van der Waals surface area contributed by atoms with Gasteiger partial charge in [-0.15, -0.1) is 24.0 Å². The molecule has 1 fully saturated rings. The smallest absolute Gasteiger partial charge is 0.191 e. The van der Waals surface area contributed by atoms with Crippen molar-refractivity contribution in [1.29, 1.82) is 0 Å². The molecule has 1 aliphatic rings. The van der Waals surface area contributed by atoms with Crippen LogP contribution in [0.3, 0.4) is 0 Å². The third-order valence-corrected chi connectivity index (χ3v) is 3.39. The molecule has 0 bridgehead atoms. The van der Waals surface area contributed by atoms with Crippen LogP contribution in [0.15, 0.2) is 27.8 Å². The molecule has 1 aromatic heterocycles. The van der Waals surface area contributed by atoms with E-state index in [1.807, 2.05) is 12.1 Å². The van der Waals surface area contributed by atoms with Crippen LogP contribution in [-0.4, -0.2) is 43.6 Å². The van der Waals surface area contributed by atoms with Gasteiger partial charge in [0, 0.05) is 26.2 Å². The topological polar surface area (TPSA) is 52.8 Å². The van der Waals surface area contributed by atoms with E-state index in [1.54, 1.807) is 13.3 Å². The van der Waals surface area contributed by atoms with E-state index in [0.29, 0.717) is 6.54 Å². The predicted octanol–water partition coefficient (Wildman–Crippen LogP) is 2.05. The van der Waals surface area contributed by atoms with E-state index in [1.165, 1.54) is 12.8 Å². The number of guanidine groups is 1. The average molecular weight is 392 g/mol. The van der Waals surface area contributed by atoms with Gasteiger partial charge in [0.2, 0.25) is 0 Å². The molecule has 0 spiro atoms. The summed E-state index contributed by atoms with van der Waals surface area (Å²) >= 11 is 0. The minimum atomic E-state index is 0. The summed E-state index contributed by atoms with van der Waals surface area (Å²) < 4.78 is 5.27. The van der Waals surface area contributed by atoms with Crippen molar-refractivity contribution in [2.24, 2.45) is 4.99 Å². The molecule has 1 heterocycles. The molecular formula is C14H25IN4O. The van der Waals surface area contributed by atoms with E-state index >= 15 is 0 Å². The molecule has 1 aromatic rings. The largest absolute Gasteiger partial charge is 0.467 e. The van der Waals surface area contributed by atoms with Crippen molar-refractivity contribution in [3.63, 3.8) is 0 Å². The van der Waals surface area contributed by atoms with Crippen LogP contribution in [-0.2, 0) is 6.54 Å². The molecule has 20 heavy (non-hydrogen) atoms. The highest BCUT2D eigenvalue weighted by atomic mass is 127. The van der Waals surface area contributed by atoms with Gasteiger partial charge in [-0.3, -0.25) is 9.89 Å². The maximum absolute atomic E-state index is 5.27. The normalized spacial score (nSPS) is 15.1. The standard InChI is InChI=1S/C14H24N4O.HI/c1-3-18(12-6-7-12)9-8-16-14(15-2)17-11-13-5-4-10-19-13;/h4-5,10,12H,3,6-9,11H2,1-2H3,(H2,15,16,17);1H. The molecule has 0 unspecified atom stereocenters. The highest BCUT2D eigenvalue weighted by molar-refractivity contribution is 14.0. The van der Waals surface area contributed by atoms with Crippen LogP contribution >= 0.6 is 24.0 Å². The van der Waals surface area contributed by atoms with Crippen molar-refractivity contribution in [3.8, 4) is 0 Å². The van der Waals surface area contributed by atoms with Crippen LogP contribution < -0.4 is 10.6 Å². The first-order valence-electron chi connectivity index (χ1n) is 7.04. The monoisotopic (exact) mass is 392 g/mol. The van der Waals surface area contributed by atoms with Crippen LogP contribution in [0.25, 0.3) is 0 Å². The Kier molecular flexibility index (Phi) is 7.98. The lowest BCUT2D eigenvalue weighted by Gasteiger charge is -2.20. The van der Waals surface area contributed by atoms with E-state index in [4.69, 9.17) is 4.42 Å². The number of halogens is 1. The van der Waals surface area contributed by atoms with Crippen LogP contribution in [0.1, 0.15) is 25.5 Å². The maximum atomic E-state index is 5.27. The summed E-state index contributed by atoms with van der Waals surface area (Å²) in [6.07, 6.45) is 4.40. The number of rotatable bonds is 7. The summed E-state index contributed by atoms with van der Waals surface area (Å²) in [7, 11) is 1.79. The highest BCUT2D eigenvalue weighted by Gasteiger charge is 2.27. The zero-order valence-electron chi connectivity index (χ0n) is 12.3. The minimum absolute atomic E-state index is 0. The minimum Gasteiger partial charge on any atom is -0.467 e. The molecule has 114 valence electrons. The van der Waals surface area contributed by atoms with Crippen molar-refractivity contribution >= 4 is 29.9 Å². The van der Waals surface area contributed by atoms with Crippen molar-refractivity contribution in [1.82, 2.24) is 15.5 Å². The van der Waals surface area contributed by atoms with Crippen molar-refractivity contribution < 1.29 is 4.42 Å². The van der Waals surface area contributed by atoms with Crippen molar-refractivity contribution in [3.05, 3.63) is 24.2 Å². The zero-order valence-corrected chi connectivity index (χ0v) is 14.6. The van der Waals surface area contributed by atoms with Gasteiger partial charge in [0.1, 0.15) is 5.76 Å². The molecule has 2 N–H and O–H groups in total. The van der Waals surface area contributed by atoms with E-state index in [9.17, 15) is 0 Å². The SMILES string of the molecule is CCN(CCNC(=NC)NCc1ccco1)C1CC1.I. The van der Waals surface area contributed by atoms with E-state index in [2.05, 4.69) is 27.4 Å². The van der Waals surface area contributed by atoms with Crippen LogP contribution in [0.5, 0.6) is 0 Å². The number of nitrogens with zero attached hydrogens (tertiary/aromatic N) is 2. The summed E-state index contributed by atoms with van der Waals surface area (Å²) in [5.41, 5.74) is 0. The fraction of sp³-hybridized carbons (Fsp3) is 0.643. The molecule has 0 aromatic carbocycles. The number of furan rings is 1. The number of aliphatic imine (C=N–C) groups is 1. The lowest BCUT2D eigenvalue weighted by molar-refractivity contribution is 0.282. The van der Waals surface area contributed by atoms with Crippen LogP contribution in [0.4, 0.5) is 0 Å². The Morgan fingerprint density at radius 2 is 2.25 bits per heavy atom. The van der Waals surface area contributed by atoms with Gasteiger partial charge < -0.3 is 15.1 Å². The molecule has 5 nitrogen and oxygen atoms in total. The first-order valence-corrected chi connectivity index (χ1v) is 7.04. The molecule has 6 heteroatoms. The molecule has 0 atom stereocenters. The van der Waals surface area contributed by atoms with E-state index in [-0.39, 0.29) is 24.0 Å². The van der Waals surface area contributed by atoms with Gasteiger partial charge in [0.25, 0.3) is 0 Å². The number of hydrogen-bond donors (Lipinski definition) is 2. The summed E-state index contributed by atoms with van der Waals surface area (Å²) in [5, 5.41) is 6.57. The molecule has 1 aliphatic carbocycles. The molecule has 0 aliphatic heterocycles. The van der Waals surface area contributed by atoms with Gasteiger partial charge in [-0.25, -0.2) is 0 Å². The van der Waals surface area contributed by atoms with E-state index < -0.39 is 0 Å². The second kappa shape index (κ2) is 9.23. The Morgan fingerprint density at radius 3 is 2.80 bits per heavy atom. The van der Waals surface area contributed by atoms with Gasteiger partial charge in [-0.05, 0) is 31.5 Å². The van der Waals surface area contributed by atoms with Gasteiger partial charge in [-0.1, -0.05) is 6.92 Å². The Balaban J connectivity index is 0.00000200. The van der Waals surface area contributed by atoms with Crippen LogP contribution in [0.2, 0.25) is 0 Å². The van der Waals surface area contributed by atoms with Crippen LogP contribution in [0, 0.1) is 0 Å². The lowest BCUT2D eigenvalue weighted by atomic mass is 10.4. The van der Waals surface area contributed by atoms with Gasteiger partial charge in [0.15, 0.2) is 5.96 Å². The molecular weight excluding hydrogens is 367 g/mol. The van der Waals surface area contributed by atoms with Gasteiger partial charge in [0.05, 0.1) is 12.8 Å².